The van der Waals surface area contributed by atoms with Gasteiger partial charge in [-0.15, -0.1) is 11.3 Å². The summed E-state index contributed by atoms with van der Waals surface area (Å²) in [5, 5.41) is 10.1. The summed E-state index contributed by atoms with van der Waals surface area (Å²) < 4.78 is 10.7. The van der Waals surface area contributed by atoms with Crippen LogP contribution >= 0.6 is 11.3 Å². The molecule has 2 amide bonds. The van der Waals surface area contributed by atoms with Crippen molar-refractivity contribution in [3.05, 3.63) is 54.1 Å². The first kappa shape index (κ1) is 21.2. The molecule has 0 unspecified atom stereocenters. The lowest BCUT2D eigenvalue weighted by atomic mass is 10.2. The zero-order valence-electron chi connectivity index (χ0n) is 17.5. The van der Waals surface area contributed by atoms with Crippen LogP contribution in [0.15, 0.2) is 49.2 Å². The standard InChI is InChI=1S/C21H21N7O3S/c1-30-17-8-15-16(9-18(17)31-2)25-12-26-19(15)23-7-5-14-11-24-21(32-14)28-20(29)27-13-4-3-6-22-10-13/h3-4,6,8-12H,5,7H2,1-2H3,(H,23,25,26)(H2,24,27,28,29). The molecule has 4 aromatic rings. The fraction of sp³-hybridized carbons (Fsp3) is 0.190. The van der Waals surface area contributed by atoms with Gasteiger partial charge in [0, 0.05) is 41.7 Å². The van der Waals surface area contributed by atoms with Crippen LogP contribution in [0.1, 0.15) is 4.88 Å². The van der Waals surface area contributed by atoms with Crippen molar-refractivity contribution < 1.29 is 14.3 Å². The van der Waals surface area contributed by atoms with Crippen LogP contribution in [0.25, 0.3) is 10.9 Å². The summed E-state index contributed by atoms with van der Waals surface area (Å²) >= 11 is 1.41. The van der Waals surface area contributed by atoms with Crippen molar-refractivity contribution in [2.24, 2.45) is 0 Å². The lowest BCUT2D eigenvalue weighted by molar-refractivity contribution is 0.262. The molecular formula is C21H21N7O3S. The Labute approximate surface area is 188 Å². The van der Waals surface area contributed by atoms with Gasteiger partial charge in [0.25, 0.3) is 0 Å². The lowest BCUT2D eigenvalue weighted by Crippen LogP contribution is -2.19. The SMILES string of the molecule is COc1cc2ncnc(NCCc3cnc(NC(=O)Nc4cccnc4)s3)c2cc1OC. The molecule has 0 saturated heterocycles. The highest BCUT2D eigenvalue weighted by molar-refractivity contribution is 7.15. The predicted octanol–water partition coefficient (Wildman–Crippen LogP) is 3.80. The molecule has 0 fully saturated rings. The maximum absolute atomic E-state index is 12.1. The zero-order chi connectivity index (χ0) is 22.3. The van der Waals surface area contributed by atoms with Crippen LogP contribution in [-0.2, 0) is 6.42 Å². The van der Waals surface area contributed by atoms with E-state index >= 15 is 0 Å². The Morgan fingerprint density at radius 3 is 2.69 bits per heavy atom. The number of benzene rings is 1. The smallest absolute Gasteiger partial charge is 0.325 e. The van der Waals surface area contributed by atoms with E-state index in [2.05, 4.69) is 35.9 Å². The number of hydrogen-bond acceptors (Lipinski definition) is 9. The summed E-state index contributed by atoms with van der Waals surface area (Å²) in [7, 11) is 3.18. The van der Waals surface area contributed by atoms with Gasteiger partial charge in [-0.3, -0.25) is 10.3 Å². The van der Waals surface area contributed by atoms with Crippen molar-refractivity contribution >= 4 is 44.9 Å². The Balaban J connectivity index is 1.35. The average molecular weight is 452 g/mol. The number of nitrogens with one attached hydrogen (secondary N) is 3. The van der Waals surface area contributed by atoms with E-state index in [1.807, 2.05) is 12.1 Å². The van der Waals surface area contributed by atoms with Crippen molar-refractivity contribution in [1.82, 2.24) is 19.9 Å². The van der Waals surface area contributed by atoms with Crippen molar-refractivity contribution in [3.8, 4) is 11.5 Å². The molecule has 0 aliphatic carbocycles. The minimum atomic E-state index is -0.367. The number of thiazole rings is 1. The highest BCUT2D eigenvalue weighted by Crippen LogP contribution is 2.33. The summed E-state index contributed by atoms with van der Waals surface area (Å²) in [6, 6.07) is 6.81. The Hall–Kier alpha value is -3.99. The number of rotatable bonds is 8. The molecular weight excluding hydrogens is 430 g/mol. The Morgan fingerprint density at radius 2 is 1.91 bits per heavy atom. The molecule has 0 bridgehead atoms. The predicted molar refractivity (Wildman–Crippen MR) is 124 cm³/mol. The maximum Gasteiger partial charge on any atom is 0.325 e. The van der Waals surface area contributed by atoms with Gasteiger partial charge in [-0.25, -0.2) is 19.7 Å². The van der Waals surface area contributed by atoms with Crippen LogP contribution in [0.2, 0.25) is 0 Å². The van der Waals surface area contributed by atoms with Crippen LogP contribution < -0.4 is 25.4 Å². The summed E-state index contributed by atoms with van der Waals surface area (Å²) in [5.41, 5.74) is 1.36. The molecule has 0 atom stereocenters. The van der Waals surface area contributed by atoms with E-state index in [1.54, 1.807) is 44.9 Å². The molecule has 3 N–H and O–H groups in total. The minimum absolute atomic E-state index is 0.367. The molecule has 4 rings (SSSR count). The van der Waals surface area contributed by atoms with Crippen LogP contribution in [0, 0.1) is 0 Å². The van der Waals surface area contributed by atoms with Crippen LogP contribution in [-0.4, -0.2) is 46.7 Å². The Morgan fingerprint density at radius 1 is 1.06 bits per heavy atom. The molecule has 32 heavy (non-hydrogen) atoms. The van der Waals surface area contributed by atoms with Crippen LogP contribution in [0.3, 0.4) is 0 Å². The van der Waals surface area contributed by atoms with Gasteiger partial charge >= 0.3 is 6.03 Å². The molecule has 0 aliphatic rings. The molecule has 0 radical (unpaired) electrons. The molecule has 3 heterocycles. The minimum Gasteiger partial charge on any atom is -0.493 e. The maximum atomic E-state index is 12.1. The topological polar surface area (TPSA) is 123 Å². The third-order valence-electron chi connectivity index (χ3n) is 4.50. The third-order valence-corrected chi connectivity index (χ3v) is 5.47. The van der Waals surface area contributed by atoms with Gasteiger partial charge in [0.1, 0.15) is 12.1 Å². The number of nitrogens with zero attached hydrogens (tertiary/aromatic N) is 4. The second kappa shape index (κ2) is 9.88. The molecule has 0 saturated carbocycles. The Bertz CT molecular complexity index is 1220. The molecule has 0 spiro atoms. The lowest BCUT2D eigenvalue weighted by Gasteiger charge is -2.11. The van der Waals surface area contributed by atoms with Crippen molar-refractivity contribution in [3.63, 3.8) is 0 Å². The van der Waals surface area contributed by atoms with Gasteiger partial charge in [0.2, 0.25) is 0 Å². The van der Waals surface area contributed by atoms with E-state index < -0.39 is 0 Å². The van der Waals surface area contributed by atoms with Crippen LogP contribution in [0.4, 0.5) is 21.4 Å². The van der Waals surface area contributed by atoms with E-state index in [0.717, 1.165) is 15.8 Å². The van der Waals surface area contributed by atoms with Gasteiger partial charge in [0.15, 0.2) is 16.6 Å². The highest BCUT2D eigenvalue weighted by Gasteiger charge is 2.11. The van der Waals surface area contributed by atoms with Gasteiger partial charge in [-0.2, -0.15) is 0 Å². The normalized spacial score (nSPS) is 10.6. The Kier molecular flexibility index (Phi) is 6.56. The molecule has 10 nitrogen and oxygen atoms in total. The van der Waals surface area contributed by atoms with E-state index in [0.29, 0.717) is 41.1 Å². The molecule has 3 aromatic heterocycles. The third kappa shape index (κ3) is 5.01. The second-order valence-corrected chi connectivity index (χ2v) is 7.69. The first-order valence-corrected chi connectivity index (χ1v) is 10.5. The summed E-state index contributed by atoms with van der Waals surface area (Å²) in [4.78, 5) is 30.0. The van der Waals surface area contributed by atoms with E-state index in [-0.39, 0.29) is 6.03 Å². The number of aromatic nitrogens is 4. The number of urea groups is 1. The second-order valence-electron chi connectivity index (χ2n) is 6.58. The van der Waals surface area contributed by atoms with E-state index in [9.17, 15) is 4.79 Å². The number of ether oxygens (including phenoxy) is 2. The fourth-order valence-corrected chi connectivity index (χ4v) is 3.81. The molecule has 11 heteroatoms. The molecule has 164 valence electrons. The van der Waals surface area contributed by atoms with E-state index in [4.69, 9.17) is 9.47 Å². The van der Waals surface area contributed by atoms with E-state index in [1.165, 1.54) is 17.7 Å². The van der Waals surface area contributed by atoms with Gasteiger partial charge in [-0.1, -0.05) is 0 Å². The van der Waals surface area contributed by atoms with Crippen LogP contribution in [0.5, 0.6) is 11.5 Å². The molecule has 1 aromatic carbocycles. The van der Waals surface area contributed by atoms with Crippen molar-refractivity contribution in [2.75, 3.05) is 36.7 Å². The number of carbonyl (C=O) groups is 1. The first-order valence-electron chi connectivity index (χ1n) is 9.69. The van der Waals surface area contributed by atoms with Gasteiger partial charge in [0.05, 0.1) is 31.6 Å². The fourth-order valence-electron chi connectivity index (χ4n) is 3.01. The molecule has 0 aliphatic heterocycles. The number of anilines is 3. The number of pyridine rings is 1. The number of fused-ring (bicyclic) bond motifs is 1. The quantitative estimate of drug-likeness (QED) is 0.370. The average Bonchev–Trinajstić information content (AvgIpc) is 3.25. The van der Waals surface area contributed by atoms with Crippen molar-refractivity contribution in [2.45, 2.75) is 6.42 Å². The van der Waals surface area contributed by atoms with Gasteiger partial charge in [-0.05, 0) is 18.2 Å². The summed E-state index contributed by atoms with van der Waals surface area (Å²) in [6.45, 7) is 0.629. The summed E-state index contributed by atoms with van der Waals surface area (Å²) in [5.74, 6) is 1.93. The van der Waals surface area contributed by atoms with Gasteiger partial charge < -0.3 is 20.1 Å². The van der Waals surface area contributed by atoms with Crippen molar-refractivity contribution in [1.29, 1.82) is 0 Å². The zero-order valence-corrected chi connectivity index (χ0v) is 18.3. The monoisotopic (exact) mass is 451 g/mol. The number of amides is 2. The summed E-state index contributed by atoms with van der Waals surface area (Å²) in [6.07, 6.45) is 7.18. The number of methoxy groups -OCH3 is 2. The largest absolute Gasteiger partial charge is 0.493 e. The number of hydrogen-bond donors (Lipinski definition) is 3. The number of carbonyl (C=O) groups excluding carboxylic acids is 1. The highest BCUT2D eigenvalue weighted by atomic mass is 32.1. The first-order chi connectivity index (χ1) is 15.7.